The molecule has 0 aromatic rings. The van der Waals surface area contributed by atoms with Crippen LogP contribution in [0.3, 0.4) is 0 Å². The topological polar surface area (TPSA) is 75.7 Å². The van der Waals surface area contributed by atoms with E-state index in [0.29, 0.717) is 13.0 Å². The fraction of sp³-hybridized carbons (Fsp3) is 1.00. The van der Waals surface area contributed by atoms with Gasteiger partial charge in [-0.15, -0.1) is 0 Å². The number of rotatable bonds is 3. The van der Waals surface area contributed by atoms with E-state index in [4.69, 9.17) is 15.6 Å². The largest absolute Gasteiger partial charge is 0.394 e. The number of hydrogen-bond acceptors (Lipinski definition) is 4. The van der Waals surface area contributed by atoms with E-state index < -0.39 is 17.2 Å². The Morgan fingerprint density at radius 1 is 1.54 bits per heavy atom. The zero-order chi connectivity index (χ0) is 10.1. The Kier molecular flexibility index (Phi) is 2.97. The van der Waals surface area contributed by atoms with Crippen molar-refractivity contribution >= 4 is 0 Å². The number of aliphatic hydroxyl groups excluding tert-OH is 2. The molecule has 0 saturated carbocycles. The van der Waals surface area contributed by atoms with Crippen molar-refractivity contribution in [1.82, 2.24) is 0 Å². The van der Waals surface area contributed by atoms with Crippen LogP contribution in [0.2, 0.25) is 0 Å². The smallest absolute Gasteiger partial charge is 0.0806 e. The number of hydrogen-bond donors (Lipinski definition) is 3. The maximum atomic E-state index is 9.33. The molecular weight excluding hydrogens is 170 g/mol. The van der Waals surface area contributed by atoms with Gasteiger partial charge in [0.15, 0.2) is 0 Å². The molecule has 1 aliphatic heterocycles. The van der Waals surface area contributed by atoms with Gasteiger partial charge in [0.1, 0.15) is 0 Å². The molecule has 0 aliphatic carbocycles. The summed E-state index contributed by atoms with van der Waals surface area (Å²) in [6.07, 6.45) is 0.374. The van der Waals surface area contributed by atoms with Crippen molar-refractivity contribution in [2.75, 3.05) is 13.2 Å². The van der Waals surface area contributed by atoms with Crippen molar-refractivity contribution in [3.05, 3.63) is 0 Å². The Hall–Kier alpha value is -0.160. The molecule has 2 atom stereocenters. The molecule has 1 fully saturated rings. The molecule has 0 amide bonds. The van der Waals surface area contributed by atoms with Gasteiger partial charge >= 0.3 is 0 Å². The molecule has 4 N–H and O–H groups in total. The van der Waals surface area contributed by atoms with Gasteiger partial charge in [-0.3, -0.25) is 0 Å². The first kappa shape index (κ1) is 10.9. The van der Waals surface area contributed by atoms with Crippen LogP contribution < -0.4 is 5.73 Å². The molecule has 0 radical (unpaired) electrons. The average molecular weight is 189 g/mol. The SMILES string of the molecule is CC1(C)OCCC1(N)CC(O)CO. The maximum absolute atomic E-state index is 9.33. The molecule has 2 unspecified atom stereocenters. The lowest BCUT2D eigenvalue weighted by molar-refractivity contribution is -0.0217. The predicted molar refractivity (Wildman–Crippen MR) is 49.3 cm³/mol. The third kappa shape index (κ3) is 2.02. The van der Waals surface area contributed by atoms with Crippen LogP contribution in [0, 0.1) is 0 Å². The molecule has 0 spiro atoms. The van der Waals surface area contributed by atoms with Crippen molar-refractivity contribution in [1.29, 1.82) is 0 Å². The summed E-state index contributed by atoms with van der Waals surface area (Å²) >= 11 is 0. The average Bonchev–Trinajstić information content (AvgIpc) is 2.26. The van der Waals surface area contributed by atoms with Crippen molar-refractivity contribution in [3.8, 4) is 0 Å². The van der Waals surface area contributed by atoms with Crippen LogP contribution in [0.1, 0.15) is 26.7 Å². The highest BCUT2D eigenvalue weighted by Crippen LogP contribution is 2.36. The van der Waals surface area contributed by atoms with E-state index in [-0.39, 0.29) is 6.61 Å². The van der Waals surface area contributed by atoms with E-state index >= 15 is 0 Å². The molecular formula is C9H19NO3. The molecule has 13 heavy (non-hydrogen) atoms. The lowest BCUT2D eigenvalue weighted by atomic mass is 9.78. The van der Waals surface area contributed by atoms with Crippen LogP contribution in [0.25, 0.3) is 0 Å². The van der Waals surface area contributed by atoms with Crippen LogP contribution in [-0.4, -0.2) is 40.7 Å². The lowest BCUT2D eigenvalue weighted by Gasteiger charge is -2.37. The summed E-state index contributed by atoms with van der Waals surface area (Å²) in [5, 5.41) is 18.1. The normalized spacial score (nSPS) is 34.8. The fourth-order valence-corrected chi connectivity index (χ4v) is 1.77. The Balaban J connectivity index is 2.64. The van der Waals surface area contributed by atoms with E-state index in [2.05, 4.69) is 0 Å². The van der Waals surface area contributed by atoms with Gasteiger partial charge in [0, 0.05) is 12.1 Å². The highest BCUT2D eigenvalue weighted by atomic mass is 16.5. The quantitative estimate of drug-likeness (QED) is 0.566. The second kappa shape index (κ2) is 3.53. The Morgan fingerprint density at radius 2 is 2.15 bits per heavy atom. The van der Waals surface area contributed by atoms with Crippen molar-refractivity contribution in [3.63, 3.8) is 0 Å². The first-order valence-corrected chi connectivity index (χ1v) is 4.63. The number of nitrogens with two attached hydrogens (primary N) is 1. The van der Waals surface area contributed by atoms with Gasteiger partial charge in [0.2, 0.25) is 0 Å². The summed E-state index contributed by atoms with van der Waals surface area (Å²) in [6, 6.07) is 0. The first-order valence-electron chi connectivity index (χ1n) is 4.63. The van der Waals surface area contributed by atoms with Gasteiger partial charge in [-0.05, 0) is 26.7 Å². The summed E-state index contributed by atoms with van der Waals surface area (Å²) < 4.78 is 5.48. The molecule has 0 bridgehead atoms. The van der Waals surface area contributed by atoms with Crippen molar-refractivity contribution < 1.29 is 14.9 Å². The Labute approximate surface area is 78.7 Å². The van der Waals surface area contributed by atoms with Gasteiger partial charge in [0.05, 0.1) is 18.3 Å². The van der Waals surface area contributed by atoms with Crippen molar-refractivity contribution in [2.24, 2.45) is 5.73 Å². The number of aliphatic hydroxyl groups is 2. The van der Waals surface area contributed by atoms with E-state index in [1.165, 1.54) is 0 Å². The maximum Gasteiger partial charge on any atom is 0.0806 e. The third-order valence-corrected chi connectivity index (χ3v) is 3.02. The molecule has 0 aromatic carbocycles. The minimum absolute atomic E-state index is 0.241. The predicted octanol–water partition coefficient (Wildman–Crippen LogP) is -0.374. The first-order chi connectivity index (χ1) is 5.91. The molecule has 0 aromatic heterocycles. The zero-order valence-corrected chi connectivity index (χ0v) is 8.29. The van der Waals surface area contributed by atoms with E-state index in [1.807, 2.05) is 13.8 Å². The summed E-state index contributed by atoms with van der Waals surface area (Å²) in [5.41, 5.74) is 5.18. The zero-order valence-electron chi connectivity index (χ0n) is 8.29. The standard InChI is InChI=1S/C9H19NO3/c1-8(2)9(10,3-4-13-8)5-7(12)6-11/h7,11-12H,3-6,10H2,1-2H3. The van der Waals surface area contributed by atoms with Gasteiger partial charge < -0.3 is 20.7 Å². The second-order valence-electron chi connectivity index (χ2n) is 4.31. The Bertz CT molecular complexity index is 184. The Morgan fingerprint density at radius 3 is 2.54 bits per heavy atom. The molecule has 1 saturated heterocycles. The van der Waals surface area contributed by atoms with Crippen molar-refractivity contribution in [2.45, 2.75) is 43.9 Å². The highest BCUT2D eigenvalue weighted by Gasteiger charge is 2.47. The van der Waals surface area contributed by atoms with Crippen LogP contribution in [0.15, 0.2) is 0 Å². The molecule has 4 heteroatoms. The minimum Gasteiger partial charge on any atom is -0.394 e. The summed E-state index contributed by atoms with van der Waals surface area (Å²) in [5.74, 6) is 0. The van der Waals surface area contributed by atoms with E-state index in [1.54, 1.807) is 0 Å². The fourth-order valence-electron chi connectivity index (χ4n) is 1.77. The van der Waals surface area contributed by atoms with Gasteiger partial charge in [-0.1, -0.05) is 0 Å². The van der Waals surface area contributed by atoms with E-state index in [0.717, 1.165) is 6.42 Å². The van der Waals surface area contributed by atoms with Crippen LogP contribution in [-0.2, 0) is 4.74 Å². The van der Waals surface area contributed by atoms with E-state index in [9.17, 15) is 5.11 Å². The second-order valence-corrected chi connectivity index (χ2v) is 4.31. The summed E-state index contributed by atoms with van der Waals surface area (Å²) in [6.45, 7) is 4.23. The molecule has 4 nitrogen and oxygen atoms in total. The molecule has 1 rings (SSSR count). The third-order valence-electron chi connectivity index (χ3n) is 3.02. The summed E-state index contributed by atoms with van der Waals surface area (Å²) in [7, 11) is 0. The van der Waals surface area contributed by atoms with Crippen LogP contribution in [0.5, 0.6) is 0 Å². The van der Waals surface area contributed by atoms with Gasteiger partial charge in [0.25, 0.3) is 0 Å². The van der Waals surface area contributed by atoms with Crippen LogP contribution >= 0.6 is 0 Å². The monoisotopic (exact) mass is 189 g/mol. The highest BCUT2D eigenvalue weighted by molar-refractivity contribution is 5.04. The van der Waals surface area contributed by atoms with Gasteiger partial charge in [-0.25, -0.2) is 0 Å². The molecule has 1 heterocycles. The van der Waals surface area contributed by atoms with Crippen LogP contribution in [0.4, 0.5) is 0 Å². The number of ether oxygens (including phenoxy) is 1. The lowest BCUT2D eigenvalue weighted by Crippen LogP contribution is -2.56. The molecule has 1 aliphatic rings. The van der Waals surface area contributed by atoms with Gasteiger partial charge in [-0.2, -0.15) is 0 Å². The minimum atomic E-state index is -0.744. The summed E-state index contributed by atoms with van der Waals surface area (Å²) in [4.78, 5) is 0. The molecule has 78 valence electrons.